The number of imidazole rings is 1. The van der Waals surface area contributed by atoms with Crippen molar-refractivity contribution in [2.24, 2.45) is 11.1 Å². The molecule has 1 atom stereocenters. The SMILES string of the molecule is CC(n1cnc(C(N)=O)c1N)C(C)(C)C.II. The average molecular weight is 464 g/mol. The van der Waals surface area contributed by atoms with E-state index in [4.69, 9.17) is 11.5 Å². The van der Waals surface area contributed by atoms with Crippen LogP contribution < -0.4 is 11.5 Å². The van der Waals surface area contributed by atoms with E-state index in [0.29, 0.717) is 5.82 Å². The molecule has 1 rings (SSSR count). The molecule has 1 heterocycles. The van der Waals surface area contributed by atoms with Crippen LogP contribution in [-0.2, 0) is 0 Å². The van der Waals surface area contributed by atoms with Gasteiger partial charge in [-0.25, -0.2) is 4.98 Å². The highest BCUT2D eigenvalue weighted by molar-refractivity contribution is 15.0. The summed E-state index contributed by atoms with van der Waals surface area (Å²) in [6.45, 7) is 8.33. The summed E-state index contributed by atoms with van der Waals surface area (Å²) in [5, 5.41) is 0. The molecule has 0 aliphatic rings. The van der Waals surface area contributed by atoms with Gasteiger partial charge in [0, 0.05) is 43.3 Å². The van der Waals surface area contributed by atoms with E-state index < -0.39 is 5.91 Å². The van der Waals surface area contributed by atoms with Gasteiger partial charge in [0.25, 0.3) is 5.91 Å². The maximum absolute atomic E-state index is 11.0. The Balaban J connectivity index is 0.00000121. The molecule has 7 heteroatoms. The van der Waals surface area contributed by atoms with E-state index in [-0.39, 0.29) is 17.2 Å². The summed E-state index contributed by atoms with van der Waals surface area (Å²) in [7, 11) is 0. The van der Waals surface area contributed by atoms with Gasteiger partial charge in [-0.1, -0.05) is 20.8 Å². The van der Waals surface area contributed by atoms with Crippen LogP contribution >= 0.6 is 37.2 Å². The van der Waals surface area contributed by atoms with Crippen molar-refractivity contribution in [1.82, 2.24) is 9.55 Å². The highest BCUT2D eigenvalue weighted by atomic mass is 128. The van der Waals surface area contributed by atoms with E-state index >= 15 is 0 Å². The fraction of sp³-hybridized carbons (Fsp3) is 0.600. The van der Waals surface area contributed by atoms with E-state index in [1.165, 1.54) is 0 Å². The van der Waals surface area contributed by atoms with Crippen molar-refractivity contribution in [2.45, 2.75) is 33.7 Å². The molecule has 0 aliphatic heterocycles. The zero-order chi connectivity index (χ0) is 13.8. The maximum Gasteiger partial charge on any atom is 0.271 e. The first-order valence-electron chi connectivity index (χ1n) is 5.01. The van der Waals surface area contributed by atoms with E-state index in [2.05, 4.69) is 63.0 Å². The summed E-state index contributed by atoms with van der Waals surface area (Å²) in [4.78, 5) is 14.9. The van der Waals surface area contributed by atoms with Crippen LogP contribution in [0.3, 0.4) is 0 Å². The van der Waals surface area contributed by atoms with Crippen molar-refractivity contribution < 1.29 is 4.79 Å². The first-order chi connectivity index (χ1) is 7.75. The second-order valence-electron chi connectivity index (χ2n) is 4.79. The molecular weight excluding hydrogens is 446 g/mol. The van der Waals surface area contributed by atoms with Crippen LogP contribution in [0.2, 0.25) is 0 Å². The Hall–Kier alpha value is -0.0600. The molecule has 0 saturated heterocycles. The smallest absolute Gasteiger partial charge is 0.271 e. The second-order valence-corrected chi connectivity index (χ2v) is 4.79. The Labute approximate surface area is 125 Å². The predicted molar refractivity (Wildman–Crippen MR) is 87.4 cm³/mol. The summed E-state index contributed by atoms with van der Waals surface area (Å²) in [6, 6.07) is 0.151. The molecule has 1 amide bonds. The third-order valence-corrected chi connectivity index (χ3v) is 2.74. The van der Waals surface area contributed by atoms with Crippen molar-refractivity contribution in [2.75, 3.05) is 5.73 Å². The van der Waals surface area contributed by atoms with Gasteiger partial charge in [-0.15, -0.1) is 0 Å². The minimum atomic E-state index is -0.590. The molecule has 5 nitrogen and oxygen atoms in total. The first-order valence-corrected chi connectivity index (χ1v) is 11.3. The monoisotopic (exact) mass is 464 g/mol. The molecule has 0 bridgehead atoms. The number of anilines is 1. The lowest BCUT2D eigenvalue weighted by molar-refractivity contribution is 0.0996. The molecule has 1 unspecified atom stereocenters. The quantitative estimate of drug-likeness (QED) is 0.661. The number of carbonyl (C=O) groups excluding carboxylic acids is 1. The number of hydrogen-bond donors (Lipinski definition) is 2. The highest BCUT2D eigenvalue weighted by Gasteiger charge is 2.25. The highest BCUT2D eigenvalue weighted by Crippen LogP contribution is 2.32. The lowest BCUT2D eigenvalue weighted by Gasteiger charge is -2.29. The van der Waals surface area contributed by atoms with Gasteiger partial charge in [0.2, 0.25) is 0 Å². The number of nitrogen functional groups attached to an aromatic ring is 1. The van der Waals surface area contributed by atoms with E-state index in [9.17, 15) is 4.79 Å². The third-order valence-electron chi connectivity index (χ3n) is 2.74. The van der Waals surface area contributed by atoms with E-state index in [1.807, 2.05) is 6.92 Å². The lowest BCUT2D eigenvalue weighted by atomic mass is 9.88. The van der Waals surface area contributed by atoms with Gasteiger partial charge >= 0.3 is 0 Å². The normalized spacial score (nSPS) is 12.6. The average Bonchev–Trinajstić information content (AvgIpc) is 2.60. The molecule has 98 valence electrons. The zero-order valence-corrected chi connectivity index (χ0v) is 14.7. The Morgan fingerprint density at radius 3 is 2.24 bits per heavy atom. The summed E-state index contributed by atoms with van der Waals surface area (Å²) in [5.74, 6) is -0.253. The van der Waals surface area contributed by atoms with Gasteiger partial charge in [0.05, 0.1) is 6.33 Å². The minimum Gasteiger partial charge on any atom is -0.383 e. The molecule has 1 aromatic rings. The Kier molecular flexibility index (Phi) is 6.74. The van der Waals surface area contributed by atoms with Crippen molar-refractivity contribution >= 4 is 49.0 Å². The molecule has 0 aromatic carbocycles. The summed E-state index contributed by atoms with van der Waals surface area (Å²) in [6.07, 6.45) is 1.56. The predicted octanol–water partition coefficient (Wildman–Crippen LogP) is 2.94. The molecule has 17 heavy (non-hydrogen) atoms. The first kappa shape index (κ1) is 16.9. The number of halogens is 2. The molecule has 1 aromatic heterocycles. The molecule has 0 fully saturated rings. The van der Waals surface area contributed by atoms with Crippen LogP contribution in [0.5, 0.6) is 0 Å². The van der Waals surface area contributed by atoms with Gasteiger partial charge < -0.3 is 16.0 Å². The molecular formula is C10H18I2N4O. The van der Waals surface area contributed by atoms with Gasteiger partial charge in [-0.3, -0.25) is 4.79 Å². The Bertz CT molecular complexity index is 384. The number of primary amides is 1. The Morgan fingerprint density at radius 1 is 1.47 bits per heavy atom. The molecule has 0 saturated carbocycles. The fourth-order valence-corrected chi connectivity index (χ4v) is 1.29. The van der Waals surface area contributed by atoms with Gasteiger partial charge in [0.1, 0.15) is 5.82 Å². The third kappa shape index (κ3) is 4.27. The number of carbonyl (C=O) groups is 1. The van der Waals surface area contributed by atoms with Crippen molar-refractivity contribution in [3.63, 3.8) is 0 Å². The fourth-order valence-electron chi connectivity index (χ4n) is 1.29. The molecule has 0 spiro atoms. The van der Waals surface area contributed by atoms with Crippen LogP contribution in [0.1, 0.15) is 44.2 Å². The van der Waals surface area contributed by atoms with Crippen LogP contribution in [0.4, 0.5) is 5.82 Å². The van der Waals surface area contributed by atoms with E-state index in [1.54, 1.807) is 10.9 Å². The molecule has 4 N–H and O–H groups in total. The number of amides is 1. The molecule has 0 radical (unpaired) electrons. The van der Waals surface area contributed by atoms with Crippen molar-refractivity contribution in [3.05, 3.63) is 12.0 Å². The zero-order valence-electron chi connectivity index (χ0n) is 10.4. The number of nitrogens with zero attached hydrogens (tertiary/aromatic N) is 2. The van der Waals surface area contributed by atoms with Crippen LogP contribution in [-0.4, -0.2) is 15.5 Å². The van der Waals surface area contributed by atoms with Crippen LogP contribution in [0, 0.1) is 5.41 Å². The minimum absolute atomic E-state index is 0.0454. The van der Waals surface area contributed by atoms with E-state index in [0.717, 1.165) is 0 Å². The summed E-state index contributed by atoms with van der Waals surface area (Å²) >= 11 is 4.24. The summed E-state index contributed by atoms with van der Waals surface area (Å²) in [5.41, 5.74) is 11.1. The number of hydrogen-bond acceptors (Lipinski definition) is 3. The largest absolute Gasteiger partial charge is 0.383 e. The molecule has 0 aliphatic carbocycles. The topological polar surface area (TPSA) is 86.9 Å². The standard InChI is InChI=1S/C10H18N4O.I2/c1-6(10(2,3)4)14-5-13-7(8(14)11)9(12)15;1-2/h5-6H,11H2,1-4H3,(H2,12,15);. The van der Waals surface area contributed by atoms with Crippen LogP contribution in [0.25, 0.3) is 0 Å². The number of nitrogens with two attached hydrogens (primary N) is 2. The lowest BCUT2D eigenvalue weighted by Crippen LogP contribution is -2.23. The van der Waals surface area contributed by atoms with Gasteiger partial charge in [-0.05, 0) is 12.3 Å². The van der Waals surface area contributed by atoms with Gasteiger partial charge in [0.15, 0.2) is 5.69 Å². The Morgan fingerprint density at radius 2 is 1.94 bits per heavy atom. The second kappa shape index (κ2) is 6.76. The number of rotatable bonds is 2. The maximum atomic E-state index is 11.0. The van der Waals surface area contributed by atoms with Crippen LogP contribution in [0.15, 0.2) is 6.33 Å². The summed E-state index contributed by atoms with van der Waals surface area (Å²) < 4.78 is 1.78. The number of aromatic nitrogens is 2. The van der Waals surface area contributed by atoms with Gasteiger partial charge in [-0.2, -0.15) is 0 Å². The van der Waals surface area contributed by atoms with Crippen molar-refractivity contribution in [1.29, 1.82) is 0 Å². The van der Waals surface area contributed by atoms with Crippen molar-refractivity contribution in [3.8, 4) is 0 Å².